The fourth-order valence-electron chi connectivity index (χ4n) is 4.27. The summed E-state index contributed by atoms with van der Waals surface area (Å²) >= 11 is 1.47. The number of thiophene rings is 1. The van der Waals surface area contributed by atoms with Crippen LogP contribution in [0.1, 0.15) is 51.4 Å². The topological polar surface area (TPSA) is 80.8 Å². The van der Waals surface area contributed by atoms with E-state index in [4.69, 9.17) is 4.74 Å². The van der Waals surface area contributed by atoms with Gasteiger partial charge < -0.3 is 9.64 Å². The van der Waals surface area contributed by atoms with Gasteiger partial charge >= 0.3 is 5.97 Å². The molecule has 0 spiro atoms. The number of benzene rings is 1. The van der Waals surface area contributed by atoms with E-state index >= 15 is 0 Å². The first-order chi connectivity index (χ1) is 14.9. The number of hydrogen-bond donors (Lipinski definition) is 0. The number of esters is 1. The summed E-state index contributed by atoms with van der Waals surface area (Å²) in [4.78, 5) is 28.9. The molecular formula is C23H27NO5S2. The quantitative estimate of drug-likeness (QED) is 0.487. The Hall–Kier alpha value is -2.19. The number of hydrogen-bond acceptors (Lipinski definition) is 6. The number of rotatable bonds is 6. The van der Waals surface area contributed by atoms with Crippen LogP contribution >= 0.6 is 11.3 Å². The third-order valence-corrected chi connectivity index (χ3v) is 8.91. The Morgan fingerprint density at radius 1 is 1.10 bits per heavy atom. The van der Waals surface area contributed by atoms with Gasteiger partial charge in [0.25, 0.3) is 5.91 Å². The molecule has 1 fully saturated rings. The predicted octanol–water partition coefficient (Wildman–Crippen LogP) is 3.39. The van der Waals surface area contributed by atoms with Crippen LogP contribution in [-0.4, -0.2) is 49.3 Å². The largest absolute Gasteiger partial charge is 0.451 e. The number of carbonyl (C=O) groups excluding carboxylic acids is 2. The Morgan fingerprint density at radius 2 is 1.87 bits per heavy atom. The average Bonchev–Trinajstić information content (AvgIpc) is 3.26. The van der Waals surface area contributed by atoms with E-state index in [9.17, 15) is 18.0 Å². The molecule has 1 aliphatic heterocycles. The lowest BCUT2D eigenvalue weighted by atomic mass is 10.1. The van der Waals surface area contributed by atoms with Gasteiger partial charge in [-0.15, -0.1) is 11.3 Å². The molecule has 0 radical (unpaired) electrons. The Kier molecular flexibility index (Phi) is 6.77. The fraction of sp³-hybridized carbons (Fsp3) is 0.478. The first-order valence-corrected chi connectivity index (χ1v) is 13.4. The van der Waals surface area contributed by atoms with Crippen LogP contribution in [0.3, 0.4) is 0 Å². The maximum atomic E-state index is 13.0. The van der Waals surface area contributed by atoms with Crippen molar-refractivity contribution in [2.45, 2.75) is 51.1 Å². The molecule has 2 aliphatic rings. The van der Waals surface area contributed by atoms with Gasteiger partial charge in [-0.3, -0.25) is 4.79 Å². The van der Waals surface area contributed by atoms with Gasteiger partial charge in [-0.05, 0) is 49.3 Å². The third kappa shape index (κ3) is 5.54. The Morgan fingerprint density at radius 3 is 2.61 bits per heavy atom. The molecule has 0 unspecified atom stereocenters. The molecule has 1 aromatic carbocycles. The molecule has 2 heterocycles. The van der Waals surface area contributed by atoms with Crippen LogP contribution in [0, 0.1) is 0 Å². The van der Waals surface area contributed by atoms with Gasteiger partial charge in [-0.25, -0.2) is 13.2 Å². The van der Waals surface area contributed by atoms with E-state index in [-0.39, 0.29) is 24.0 Å². The predicted molar refractivity (Wildman–Crippen MR) is 120 cm³/mol. The van der Waals surface area contributed by atoms with Crippen molar-refractivity contribution in [3.05, 3.63) is 57.3 Å². The molecule has 8 heteroatoms. The normalized spacial score (nSPS) is 19.9. The average molecular weight is 462 g/mol. The van der Waals surface area contributed by atoms with Crippen LogP contribution in [0.15, 0.2) is 36.4 Å². The number of sulfone groups is 1. The molecule has 1 saturated heterocycles. The standard InChI is InChI=1S/C23H27NO5S2/c25-22(15-29-23(26)21-13-18-9-5-2-6-10-20(18)30-21)24(14-17-7-3-1-4-8-17)19-11-12-31(27,28)16-19/h1,3-4,7-8,13,19H,2,5-6,9-12,14-16H2/t19-/m1/s1. The van der Waals surface area contributed by atoms with Gasteiger partial charge in [0.2, 0.25) is 0 Å². The minimum absolute atomic E-state index is 0.0445. The maximum absolute atomic E-state index is 13.0. The summed E-state index contributed by atoms with van der Waals surface area (Å²) in [5, 5.41) is 0. The van der Waals surface area contributed by atoms with Gasteiger partial charge in [0, 0.05) is 17.5 Å². The lowest BCUT2D eigenvalue weighted by Gasteiger charge is -2.28. The molecule has 0 bridgehead atoms. The Balaban J connectivity index is 1.42. The van der Waals surface area contributed by atoms with E-state index in [1.54, 1.807) is 4.90 Å². The van der Waals surface area contributed by atoms with Crippen molar-refractivity contribution >= 4 is 33.1 Å². The Labute approximate surface area is 187 Å². The van der Waals surface area contributed by atoms with E-state index in [1.165, 1.54) is 28.2 Å². The molecule has 4 rings (SSSR count). The zero-order chi connectivity index (χ0) is 21.8. The van der Waals surface area contributed by atoms with E-state index < -0.39 is 21.8 Å². The summed E-state index contributed by atoms with van der Waals surface area (Å²) in [5.74, 6) is -0.809. The summed E-state index contributed by atoms with van der Waals surface area (Å²) in [6, 6.07) is 11.0. The maximum Gasteiger partial charge on any atom is 0.348 e. The van der Waals surface area contributed by atoms with Gasteiger partial charge in [-0.2, -0.15) is 0 Å². The number of aryl methyl sites for hydroxylation is 2. The molecular weight excluding hydrogens is 434 g/mol. The molecule has 0 saturated carbocycles. The number of amides is 1. The smallest absolute Gasteiger partial charge is 0.348 e. The van der Waals surface area contributed by atoms with Crippen LogP contribution in [0.5, 0.6) is 0 Å². The lowest BCUT2D eigenvalue weighted by Crippen LogP contribution is -2.42. The molecule has 2 aromatic rings. The van der Waals surface area contributed by atoms with Crippen molar-refractivity contribution in [3.8, 4) is 0 Å². The van der Waals surface area contributed by atoms with Crippen LogP contribution in [-0.2, 0) is 38.8 Å². The lowest BCUT2D eigenvalue weighted by molar-refractivity contribution is -0.137. The second-order valence-electron chi connectivity index (χ2n) is 8.26. The van der Waals surface area contributed by atoms with E-state index in [2.05, 4.69) is 0 Å². The van der Waals surface area contributed by atoms with Crippen LogP contribution in [0.4, 0.5) is 0 Å². The van der Waals surface area contributed by atoms with E-state index in [1.807, 2.05) is 36.4 Å². The fourth-order valence-corrected chi connectivity index (χ4v) is 7.15. The van der Waals surface area contributed by atoms with Crippen LogP contribution in [0.2, 0.25) is 0 Å². The van der Waals surface area contributed by atoms with Crippen molar-refractivity contribution in [1.29, 1.82) is 0 Å². The molecule has 1 aromatic heterocycles. The molecule has 1 aliphatic carbocycles. The van der Waals surface area contributed by atoms with Gasteiger partial charge in [-0.1, -0.05) is 36.8 Å². The molecule has 6 nitrogen and oxygen atoms in total. The molecule has 31 heavy (non-hydrogen) atoms. The summed E-state index contributed by atoms with van der Waals surface area (Å²) < 4.78 is 29.3. The first kappa shape index (κ1) is 22.0. The molecule has 0 N–H and O–H groups in total. The van der Waals surface area contributed by atoms with Crippen molar-refractivity contribution in [2.75, 3.05) is 18.1 Å². The highest BCUT2D eigenvalue weighted by molar-refractivity contribution is 7.91. The highest BCUT2D eigenvalue weighted by Gasteiger charge is 2.35. The zero-order valence-electron chi connectivity index (χ0n) is 17.4. The van der Waals surface area contributed by atoms with Crippen molar-refractivity contribution in [1.82, 2.24) is 4.90 Å². The van der Waals surface area contributed by atoms with Gasteiger partial charge in [0.05, 0.1) is 11.5 Å². The minimum Gasteiger partial charge on any atom is -0.451 e. The van der Waals surface area contributed by atoms with Crippen LogP contribution in [0.25, 0.3) is 0 Å². The zero-order valence-corrected chi connectivity index (χ0v) is 19.1. The molecule has 1 atom stereocenters. The number of ether oxygens (including phenoxy) is 1. The third-order valence-electron chi connectivity index (χ3n) is 5.94. The first-order valence-electron chi connectivity index (χ1n) is 10.7. The highest BCUT2D eigenvalue weighted by Crippen LogP contribution is 2.29. The SMILES string of the molecule is O=C(OCC(=O)N(Cc1ccccc1)[C@@H]1CCS(=O)(=O)C1)c1cc2c(s1)CCCCC2. The molecule has 166 valence electrons. The summed E-state index contributed by atoms with van der Waals surface area (Å²) in [6.07, 6.45) is 5.87. The summed E-state index contributed by atoms with van der Waals surface area (Å²) in [7, 11) is -3.15. The van der Waals surface area contributed by atoms with Gasteiger partial charge in [0.15, 0.2) is 16.4 Å². The minimum atomic E-state index is -3.15. The Bertz CT molecular complexity index is 1020. The summed E-state index contributed by atoms with van der Waals surface area (Å²) in [5.41, 5.74) is 2.14. The second-order valence-corrected chi connectivity index (χ2v) is 11.6. The number of carbonyl (C=O) groups is 2. The van der Waals surface area contributed by atoms with Crippen molar-refractivity contribution in [3.63, 3.8) is 0 Å². The van der Waals surface area contributed by atoms with E-state index in [0.717, 1.165) is 31.2 Å². The van der Waals surface area contributed by atoms with Crippen molar-refractivity contribution in [2.24, 2.45) is 0 Å². The highest BCUT2D eigenvalue weighted by atomic mass is 32.2. The number of fused-ring (bicyclic) bond motifs is 1. The monoisotopic (exact) mass is 461 g/mol. The van der Waals surface area contributed by atoms with E-state index in [0.29, 0.717) is 17.8 Å². The number of nitrogens with zero attached hydrogens (tertiary/aromatic N) is 1. The molecule has 1 amide bonds. The van der Waals surface area contributed by atoms with Crippen LogP contribution < -0.4 is 0 Å². The van der Waals surface area contributed by atoms with Gasteiger partial charge in [0.1, 0.15) is 4.88 Å². The van der Waals surface area contributed by atoms with Crippen molar-refractivity contribution < 1.29 is 22.7 Å². The second kappa shape index (κ2) is 9.53. The summed E-state index contributed by atoms with van der Waals surface area (Å²) in [6.45, 7) is -0.0878.